The average molecular weight is 245 g/mol. The van der Waals surface area contributed by atoms with Gasteiger partial charge in [-0.05, 0) is 25.1 Å². The smallest absolute Gasteiger partial charge is 0.184 e. The third kappa shape index (κ3) is 3.65. The second kappa shape index (κ2) is 5.70. The van der Waals surface area contributed by atoms with Crippen molar-refractivity contribution >= 4 is 34.8 Å². The standard InChI is InChI=1S/C10H19N3S2/c1-4-9-7(3)8(5-6(2)15-9)12-13-10(11)14/h6-7,9H,4-5H2,1-3H3,(H3,11,13,14)/b12-8-/t6-,7+,9+/m1/s1. The zero-order valence-electron chi connectivity index (χ0n) is 9.49. The largest absolute Gasteiger partial charge is 0.375 e. The number of nitrogens with one attached hydrogen (secondary N) is 1. The summed E-state index contributed by atoms with van der Waals surface area (Å²) >= 11 is 6.80. The topological polar surface area (TPSA) is 50.4 Å². The van der Waals surface area contributed by atoms with Crippen LogP contribution in [0.25, 0.3) is 0 Å². The lowest BCUT2D eigenvalue weighted by molar-refractivity contribution is 0.645. The molecule has 0 aromatic heterocycles. The Bertz CT molecular complexity index is 265. The molecule has 0 aromatic rings. The molecule has 0 unspecified atom stereocenters. The molecular weight excluding hydrogens is 226 g/mol. The van der Waals surface area contributed by atoms with Crippen LogP contribution in [-0.2, 0) is 0 Å². The number of thiocarbonyl (C=S) groups is 1. The second-order valence-electron chi connectivity index (χ2n) is 3.97. The predicted octanol–water partition coefficient (Wildman–Crippen LogP) is 2.12. The van der Waals surface area contributed by atoms with Gasteiger partial charge in [-0.1, -0.05) is 20.8 Å². The van der Waals surface area contributed by atoms with Crippen molar-refractivity contribution in [2.24, 2.45) is 16.8 Å². The summed E-state index contributed by atoms with van der Waals surface area (Å²) in [4.78, 5) is 0. The summed E-state index contributed by atoms with van der Waals surface area (Å²) in [5, 5.41) is 5.85. The Balaban J connectivity index is 2.69. The SMILES string of the molecule is CC[C@@H]1S[C@H](C)C/C(=N/NC(N)=S)[C@@H]1C. The Morgan fingerprint density at radius 1 is 1.67 bits per heavy atom. The first-order valence-corrected chi connectivity index (χ1v) is 6.67. The van der Waals surface area contributed by atoms with Crippen molar-refractivity contribution < 1.29 is 0 Å². The van der Waals surface area contributed by atoms with Crippen LogP contribution in [0.15, 0.2) is 5.10 Å². The maximum atomic E-state index is 5.36. The normalized spacial score (nSPS) is 34.1. The van der Waals surface area contributed by atoms with Gasteiger partial charge < -0.3 is 5.73 Å². The van der Waals surface area contributed by atoms with Gasteiger partial charge in [0.2, 0.25) is 0 Å². The summed E-state index contributed by atoms with van der Waals surface area (Å²) in [5.41, 5.74) is 9.26. The van der Waals surface area contributed by atoms with Gasteiger partial charge in [-0.15, -0.1) is 0 Å². The van der Waals surface area contributed by atoms with Crippen molar-refractivity contribution in [3.63, 3.8) is 0 Å². The van der Waals surface area contributed by atoms with Gasteiger partial charge in [0.25, 0.3) is 0 Å². The quantitative estimate of drug-likeness (QED) is 0.578. The highest BCUT2D eigenvalue weighted by Crippen LogP contribution is 2.35. The van der Waals surface area contributed by atoms with Crippen LogP contribution in [0.1, 0.15) is 33.6 Å². The molecule has 3 nitrogen and oxygen atoms in total. The molecule has 86 valence electrons. The minimum absolute atomic E-state index is 0.244. The van der Waals surface area contributed by atoms with Crippen molar-refractivity contribution in [2.45, 2.75) is 44.1 Å². The van der Waals surface area contributed by atoms with E-state index in [1.54, 1.807) is 0 Å². The molecule has 1 fully saturated rings. The van der Waals surface area contributed by atoms with Crippen molar-refractivity contribution in [3.05, 3.63) is 0 Å². The Labute approximate surface area is 101 Å². The molecule has 3 N–H and O–H groups in total. The zero-order valence-corrected chi connectivity index (χ0v) is 11.1. The lowest BCUT2D eigenvalue weighted by Gasteiger charge is -2.32. The Morgan fingerprint density at radius 2 is 2.33 bits per heavy atom. The first-order valence-electron chi connectivity index (χ1n) is 5.32. The fourth-order valence-electron chi connectivity index (χ4n) is 1.88. The molecule has 5 heteroatoms. The van der Waals surface area contributed by atoms with Crippen LogP contribution in [0.3, 0.4) is 0 Å². The summed E-state index contributed by atoms with van der Waals surface area (Å²) in [6.07, 6.45) is 2.21. The lowest BCUT2D eigenvalue weighted by atomic mass is 9.95. The maximum absolute atomic E-state index is 5.36. The number of nitrogens with two attached hydrogens (primary N) is 1. The molecule has 15 heavy (non-hydrogen) atoms. The van der Waals surface area contributed by atoms with E-state index in [0.717, 1.165) is 6.42 Å². The van der Waals surface area contributed by atoms with Crippen molar-refractivity contribution in [1.29, 1.82) is 0 Å². The first kappa shape index (κ1) is 12.8. The highest BCUT2D eigenvalue weighted by atomic mass is 32.2. The second-order valence-corrected chi connectivity index (χ2v) is 6.09. The number of hydrogen-bond acceptors (Lipinski definition) is 3. The van der Waals surface area contributed by atoms with Gasteiger partial charge >= 0.3 is 0 Å². The van der Waals surface area contributed by atoms with E-state index in [9.17, 15) is 0 Å². The van der Waals surface area contributed by atoms with Crippen LogP contribution >= 0.6 is 24.0 Å². The van der Waals surface area contributed by atoms with Crippen molar-refractivity contribution in [3.8, 4) is 0 Å². The minimum Gasteiger partial charge on any atom is -0.375 e. The van der Waals surface area contributed by atoms with Gasteiger partial charge in [-0.2, -0.15) is 16.9 Å². The first-order chi connectivity index (χ1) is 7.04. The fourth-order valence-corrected chi connectivity index (χ4v) is 3.38. The third-order valence-corrected chi connectivity index (χ3v) is 4.51. The summed E-state index contributed by atoms with van der Waals surface area (Å²) in [5.74, 6) is 0.512. The Hall–Kier alpha value is -0.290. The molecule has 0 spiro atoms. The molecule has 0 bridgehead atoms. The Morgan fingerprint density at radius 3 is 2.87 bits per heavy atom. The average Bonchev–Trinajstić information content (AvgIpc) is 2.18. The summed E-state index contributed by atoms with van der Waals surface area (Å²) < 4.78 is 0. The molecule has 0 saturated carbocycles. The number of rotatable bonds is 2. The molecule has 1 heterocycles. The molecule has 1 aliphatic heterocycles. The molecule has 0 aromatic carbocycles. The lowest BCUT2D eigenvalue weighted by Crippen LogP contribution is -2.35. The zero-order chi connectivity index (χ0) is 11.4. The molecule has 1 saturated heterocycles. The molecule has 0 aliphatic carbocycles. The van der Waals surface area contributed by atoms with Crippen LogP contribution < -0.4 is 11.2 Å². The molecule has 0 radical (unpaired) electrons. The van der Waals surface area contributed by atoms with Gasteiger partial charge in [0.1, 0.15) is 0 Å². The van der Waals surface area contributed by atoms with E-state index in [1.165, 1.54) is 12.1 Å². The van der Waals surface area contributed by atoms with E-state index >= 15 is 0 Å². The van der Waals surface area contributed by atoms with E-state index in [-0.39, 0.29) is 5.11 Å². The van der Waals surface area contributed by atoms with Crippen molar-refractivity contribution in [2.75, 3.05) is 0 Å². The molecule has 0 amide bonds. The number of thioether (sulfide) groups is 1. The van der Waals surface area contributed by atoms with Crippen LogP contribution in [-0.4, -0.2) is 21.3 Å². The van der Waals surface area contributed by atoms with Gasteiger partial charge in [0, 0.05) is 22.1 Å². The fraction of sp³-hybridized carbons (Fsp3) is 0.800. The van der Waals surface area contributed by atoms with Gasteiger partial charge in [0.05, 0.1) is 0 Å². The minimum atomic E-state index is 0.244. The van der Waals surface area contributed by atoms with Gasteiger partial charge in [-0.3, -0.25) is 5.43 Å². The molecule has 1 aliphatic rings. The third-order valence-electron chi connectivity index (χ3n) is 2.70. The monoisotopic (exact) mass is 245 g/mol. The maximum Gasteiger partial charge on any atom is 0.184 e. The van der Waals surface area contributed by atoms with E-state index < -0.39 is 0 Å². The summed E-state index contributed by atoms with van der Waals surface area (Å²) in [6, 6.07) is 0. The van der Waals surface area contributed by atoms with E-state index in [1.807, 2.05) is 0 Å². The van der Waals surface area contributed by atoms with Crippen LogP contribution in [0.2, 0.25) is 0 Å². The predicted molar refractivity (Wildman–Crippen MR) is 72.3 cm³/mol. The molecule has 3 atom stereocenters. The number of nitrogens with zero attached hydrogens (tertiary/aromatic N) is 1. The highest BCUT2D eigenvalue weighted by molar-refractivity contribution is 8.00. The van der Waals surface area contributed by atoms with E-state index in [4.69, 9.17) is 18.0 Å². The van der Waals surface area contributed by atoms with Crippen LogP contribution in [0.4, 0.5) is 0 Å². The van der Waals surface area contributed by atoms with Crippen LogP contribution in [0, 0.1) is 5.92 Å². The molecule has 1 rings (SSSR count). The van der Waals surface area contributed by atoms with E-state index in [0.29, 0.717) is 16.4 Å². The summed E-state index contributed by atoms with van der Waals surface area (Å²) in [6.45, 7) is 6.70. The Kier molecular flexibility index (Phi) is 4.86. The number of hydrazone groups is 1. The van der Waals surface area contributed by atoms with Gasteiger partial charge in [0.15, 0.2) is 5.11 Å². The number of hydrogen-bond donors (Lipinski definition) is 2. The molecular formula is C10H19N3S2. The van der Waals surface area contributed by atoms with Gasteiger partial charge in [-0.25, -0.2) is 0 Å². The van der Waals surface area contributed by atoms with E-state index in [2.05, 4.69) is 43.1 Å². The van der Waals surface area contributed by atoms with Crippen LogP contribution in [0.5, 0.6) is 0 Å². The van der Waals surface area contributed by atoms with Crippen molar-refractivity contribution in [1.82, 2.24) is 5.43 Å². The highest BCUT2D eigenvalue weighted by Gasteiger charge is 2.29. The summed E-state index contributed by atoms with van der Waals surface area (Å²) in [7, 11) is 0.